The van der Waals surface area contributed by atoms with Crippen molar-refractivity contribution in [1.82, 2.24) is 0 Å². The SMILES string of the molecule is CCC[N+](C)(C)CCCCCCCCCCC[N+](C)(C)CCC. The minimum atomic E-state index is 1.21. The van der Waals surface area contributed by atoms with Gasteiger partial charge in [0, 0.05) is 0 Å². The molecule has 2 heteroatoms. The van der Waals surface area contributed by atoms with E-state index in [1.54, 1.807) is 0 Å². The minimum absolute atomic E-state index is 1.21. The first-order chi connectivity index (χ1) is 10.8. The van der Waals surface area contributed by atoms with Crippen molar-refractivity contribution in [2.75, 3.05) is 54.4 Å². The maximum absolute atomic E-state index is 2.38. The number of hydrogen-bond acceptors (Lipinski definition) is 0. The quantitative estimate of drug-likeness (QED) is 0.260. The lowest BCUT2D eigenvalue weighted by Crippen LogP contribution is -2.40. The fourth-order valence-corrected chi connectivity index (χ4v) is 3.75. The summed E-state index contributed by atoms with van der Waals surface area (Å²) in [4.78, 5) is 0. The van der Waals surface area contributed by atoms with E-state index in [1.165, 1.54) is 106 Å². The lowest BCUT2D eigenvalue weighted by Gasteiger charge is -2.29. The van der Waals surface area contributed by atoms with Gasteiger partial charge in [0.2, 0.25) is 0 Å². The van der Waals surface area contributed by atoms with Crippen molar-refractivity contribution < 1.29 is 8.97 Å². The van der Waals surface area contributed by atoms with Crippen LogP contribution in [-0.4, -0.2) is 63.3 Å². The summed E-state index contributed by atoms with van der Waals surface area (Å²) in [6, 6.07) is 0. The zero-order chi connectivity index (χ0) is 17.6. The van der Waals surface area contributed by atoms with Gasteiger partial charge in [-0.05, 0) is 38.5 Å². The van der Waals surface area contributed by atoms with E-state index in [0.717, 1.165) is 0 Å². The normalized spacial score (nSPS) is 12.8. The molecule has 0 aliphatic heterocycles. The largest absolute Gasteiger partial charge is 0.328 e. The van der Waals surface area contributed by atoms with Crippen LogP contribution in [0.5, 0.6) is 0 Å². The van der Waals surface area contributed by atoms with Gasteiger partial charge < -0.3 is 8.97 Å². The maximum atomic E-state index is 2.38. The number of nitrogens with zero attached hydrogens (tertiary/aromatic N) is 2. The van der Waals surface area contributed by atoms with E-state index in [9.17, 15) is 0 Å². The first kappa shape index (κ1) is 22.9. The van der Waals surface area contributed by atoms with Crippen LogP contribution in [-0.2, 0) is 0 Å². The van der Waals surface area contributed by atoms with E-state index in [-0.39, 0.29) is 0 Å². The van der Waals surface area contributed by atoms with Gasteiger partial charge in [0.05, 0.1) is 54.4 Å². The summed E-state index contributed by atoms with van der Waals surface area (Å²) < 4.78 is 2.42. The van der Waals surface area contributed by atoms with Crippen molar-refractivity contribution in [3.8, 4) is 0 Å². The molecule has 0 saturated heterocycles. The summed E-state index contributed by atoms with van der Waals surface area (Å²) in [6.45, 7) is 9.97. The molecule has 23 heavy (non-hydrogen) atoms. The second-order valence-corrected chi connectivity index (χ2v) is 8.95. The van der Waals surface area contributed by atoms with E-state index in [4.69, 9.17) is 0 Å². The second-order valence-electron chi connectivity index (χ2n) is 8.95. The molecule has 0 fully saturated rings. The molecule has 0 radical (unpaired) electrons. The molecule has 0 aliphatic rings. The van der Waals surface area contributed by atoms with Gasteiger partial charge in [-0.15, -0.1) is 0 Å². The van der Waals surface area contributed by atoms with Gasteiger partial charge in [-0.3, -0.25) is 0 Å². The van der Waals surface area contributed by atoms with Crippen LogP contribution < -0.4 is 0 Å². The van der Waals surface area contributed by atoms with Crippen LogP contribution >= 0.6 is 0 Å². The van der Waals surface area contributed by atoms with E-state index in [0.29, 0.717) is 0 Å². The molecular weight excluding hydrogens is 280 g/mol. The van der Waals surface area contributed by atoms with Crippen LogP contribution in [0, 0.1) is 0 Å². The Morgan fingerprint density at radius 2 is 0.652 bits per heavy atom. The molecule has 0 aliphatic carbocycles. The summed E-state index contributed by atoms with van der Waals surface area (Å²) in [5, 5.41) is 0. The van der Waals surface area contributed by atoms with E-state index in [2.05, 4.69) is 42.0 Å². The highest BCUT2D eigenvalue weighted by molar-refractivity contribution is 4.48. The van der Waals surface area contributed by atoms with Crippen LogP contribution in [0.3, 0.4) is 0 Å². The molecule has 0 spiro atoms. The fourth-order valence-electron chi connectivity index (χ4n) is 3.75. The Balaban J connectivity index is 3.31. The van der Waals surface area contributed by atoms with Gasteiger partial charge in [0.15, 0.2) is 0 Å². The monoisotopic (exact) mass is 328 g/mol. The third-order valence-electron chi connectivity index (χ3n) is 5.18. The molecule has 0 amide bonds. The van der Waals surface area contributed by atoms with Gasteiger partial charge in [-0.2, -0.15) is 0 Å². The minimum Gasteiger partial charge on any atom is -0.328 e. The molecule has 0 aromatic rings. The Morgan fingerprint density at radius 1 is 0.391 bits per heavy atom. The topological polar surface area (TPSA) is 0 Å². The molecule has 0 bridgehead atoms. The summed E-state index contributed by atoms with van der Waals surface area (Å²) >= 11 is 0. The summed E-state index contributed by atoms with van der Waals surface area (Å²) in [6.07, 6.45) is 15.6. The van der Waals surface area contributed by atoms with Crippen LogP contribution in [0.15, 0.2) is 0 Å². The number of unbranched alkanes of at least 4 members (excludes halogenated alkanes) is 8. The Bertz CT molecular complexity index is 233. The number of hydrogen-bond donors (Lipinski definition) is 0. The molecular formula is C21H48N2+2. The van der Waals surface area contributed by atoms with E-state index >= 15 is 0 Å². The number of quaternary nitrogens is 2. The van der Waals surface area contributed by atoms with Gasteiger partial charge in [-0.25, -0.2) is 0 Å². The highest BCUT2D eigenvalue weighted by Crippen LogP contribution is 2.12. The molecule has 0 heterocycles. The molecule has 0 unspecified atom stereocenters. The first-order valence-electron chi connectivity index (χ1n) is 10.5. The summed E-state index contributed by atoms with van der Waals surface area (Å²) in [5.74, 6) is 0. The lowest BCUT2D eigenvalue weighted by atomic mass is 10.1. The maximum Gasteiger partial charge on any atom is 0.0782 e. The van der Waals surface area contributed by atoms with Gasteiger partial charge in [-0.1, -0.05) is 46.0 Å². The van der Waals surface area contributed by atoms with E-state index < -0.39 is 0 Å². The van der Waals surface area contributed by atoms with Gasteiger partial charge in [0.1, 0.15) is 0 Å². The van der Waals surface area contributed by atoms with Crippen molar-refractivity contribution in [3.63, 3.8) is 0 Å². The van der Waals surface area contributed by atoms with Crippen LogP contribution in [0.4, 0.5) is 0 Å². The van der Waals surface area contributed by atoms with Crippen molar-refractivity contribution in [2.24, 2.45) is 0 Å². The molecule has 0 rings (SSSR count). The molecule has 140 valence electrons. The third kappa shape index (κ3) is 15.2. The van der Waals surface area contributed by atoms with Gasteiger partial charge >= 0.3 is 0 Å². The fraction of sp³-hybridized carbons (Fsp3) is 1.00. The highest BCUT2D eigenvalue weighted by Gasteiger charge is 2.12. The molecule has 2 nitrogen and oxygen atoms in total. The van der Waals surface area contributed by atoms with Gasteiger partial charge in [0.25, 0.3) is 0 Å². The van der Waals surface area contributed by atoms with Crippen molar-refractivity contribution in [3.05, 3.63) is 0 Å². The Morgan fingerprint density at radius 3 is 0.913 bits per heavy atom. The average molecular weight is 329 g/mol. The number of rotatable bonds is 16. The van der Waals surface area contributed by atoms with Crippen LogP contribution in [0.1, 0.15) is 84.5 Å². The van der Waals surface area contributed by atoms with E-state index in [1.807, 2.05) is 0 Å². The molecule has 0 aromatic carbocycles. The second kappa shape index (κ2) is 13.2. The summed E-state index contributed by atoms with van der Waals surface area (Å²) in [7, 11) is 9.52. The third-order valence-corrected chi connectivity index (χ3v) is 5.18. The van der Waals surface area contributed by atoms with Crippen molar-refractivity contribution >= 4 is 0 Å². The average Bonchev–Trinajstić information content (AvgIpc) is 2.44. The molecule has 0 N–H and O–H groups in total. The smallest absolute Gasteiger partial charge is 0.0782 e. The Labute approximate surface area is 148 Å². The zero-order valence-electron chi connectivity index (χ0n) is 17.5. The standard InChI is InChI=1S/C21H48N2/c1-7-18-22(3,4)20-16-14-12-10-9-11-13-15-17-21-23(5,6)19-8-2/h7-21H2,1-6H3/q+2. The van der Waals surface area contributed by atoms with Crippen molar-refractivity contribution in [2.45, 2.75) is 84.5 Å². The molecule has 0 atom stereocenters. The van der Waals surface area contributed by atoms with Crippen LogP contribution in [0.2, 0.25) is 0 Å². The Hall–Kier alpha value is -0.0800. The van der Waals surface area contributed by atoms with Crippen LogP contribution in [0.25, 0.3) is 0 Å². The lowest BCUT2D eigenvalue weighted by molar-refractivity contribution is -0.890. The predicted molar refractivity (Wildman–Crippen MR) is 106 cm³/mol. The highest BCUT2D eigenvalue weighted by atomic mass is 15.3. The first-order valence-corrected chi connectivity index (χ1v) is 10.5. The molecule has 0 saturated carbocycles. The Kier molecular flexibility index (Phi) is 13.2. The van der Waals surface area contributed by atoms with Crippen molar-refractivity contribution in [1.29, 1.82) is 0 Å². The predicted octanol–water partition coefficient (Wildman–Crippen LogP) is 5.47. The summed E-state index contributed by atoms with van der Waals surface area (Å²) in [5.41, 5.74) is 0. The molecule has 0 aromatic heterocycles. The zero-order valence-corrected chi connectivity index (χ0v) is 17.5.